The first-order chi connectivity index (χ1) is 9.35. The molecule has 20 heavy (non-hydrogen) atoms. The van der Waals surface area contributed by atoms with Crippen LogP contribution in [-0.2, 0) is 16.0 Å². The van der Waals surface area contributed by atoms with Crippen LogP contribution in [0.5, 0.6) is 5.75 Å². The molecule has 1 aromatic rings. The topological polar surface area (TPSA) is 105 Å². The van der Waals surface area contributed by atoms with Gasteiger partial charge < -0.3 is 15.2 Å². The average molecular weight is 290 g/mol. The quantitative estimate of drug-likeness (QED) is 0.371. The van der Waals surface area contributed by atoms with E-state index in [0.29, 0.717) is 0 Å². The zero-order valence-corrected chi connectivity index (χ0v) is 10.5. The third-order valence-electron chi connectivity index (χ3n) is 2.28. The zero-order valence-electron chi connectivity index (χ0n) is 10.5. The van der Waals surface area contributed by atoms with Crippen molar-refractivity contribution in [2.75, 3.05) is 12.3 Å². The molecule has 2 N–H and O–H groups in total. The van der Waals surface area contributed by atoms with Crippen molar-refractivity contribution in [3.63, 3.8) is 0 Å². The molecule has 0 spiro atoms. The van der Waals surface area contributed by atoms with E-state index in [1.54, 1.807) is 6.92 Å². The number of hydrogen-bond donors (Lipinski definition) is 1. The highest BCUT2D eigenvalue weighted by atomic mass is 19.3. The molecule has 0 aliphatic rings. The van der Waals surface area contributed by atoms with Crippen molar-refractivity contribution in [1.29, 1.82) is 0 Å². The summed E-state index contributed by atoms with van der Waals surface area (Å²) >= 11 is 0. The fourth-order valence-electron chi connectivity index (χ4n) is 1.50. The van der Waals surface area contributed by atoms with Crippen molar-refractivity contribution in [3.05, 3.63) is 27.8 Å². The normalized spacial score (nSPS) is 10.4. The van der Waals surface area contributed by atoms with Gasteiger partial charge in [0.05, 0.1) is 24.0 Å². The number of carbonyl (C=O) groups excluding carboxylic acids is 1. The first-order valence-corrected chi connectivity index (χ1v) is 5.52. The fraction of sp³-hybridized carbons (Fsp3) is 0.364. The monoisotopic (exact) mass is 290 g/mol. The number of nitro groups is 1. The van der Waals surface area contributed by atoms with Gasteiger partial charge in [0, 0.05) is 0 Å². The van der Waals surface area contributed by atoms with Crippen molar-refractivity contribution >= 4 is 17.3 Å². The lowest BCUT2D eigenvalue weighted by atomic mass is 10.1. The third kappa shape index (κ3) is 4.04. The maximum absolute atomic E-state index is 12.2. The van der Waals surface area contributed by atoms with Crippen LogP contribution in [0.25, 0.3) is 0 Å². The van der Waals surface area contributed by atoms with E-state index in [-0.39, 0.29) is 24.3 Å². The number of nitrogens with two attached hydrogens (primary N) is 1. The molecule has 0 atom stereocenters. The third-order valence-corrected chi connectivity index (χ3v) is 2.28. The molecule has 0 bridgehead atoms. The van der Waals surface area contributed by atoms with Gasteiger partial charge in [-0.05, 0) is 18.6 Å². The molecule has 0 aromatic heterocycles. The lowest BCUT2D eigenvalue weighted by molar-refractivity contribution is -0.384. The Hall–Kier alpha value is -2.45. The van der Waals surface area contributed by atoms with Gasteiger partial charge in [0.15, 0.2) is 0 Å². The van der Waals surface area contributed by atoms with Crippen LogP contribution in [0.2, 0.25) is 0 Å². The van der Waals surface area contributed by atoms with E-state index in [1.165, 1.54) is 0 Å². The summed E-state index contributed by atoms with van der Waals surface area (Å²) in [5.41, 5.74) is 4.63. The minimum atomic E-state index is -3.14. The summed E-state index contributed by atoms with van der Waals surface area (Å²) in [6, 6.07) is 1.82. The number of hydrogen-bond acceptors (Lipinski definition) is 6. The first kappa shape index (κ1) is 15.6. The molecule has 0 saturated heterocycles. The molecule has 0 aliphatic carbocycles. The molecule has 110 valence electrons. The van der Waals surface area contributed by atoms with Crippen LogP contribution >= 0.6 is 0 Å². The van der Waals surface area contributed by atoms with Gasteiger partial charge in [0.1, 0.15) is 11.4 Å². The molecule has 0 saturated carbocycles. The molecule has 0 aliphatic heterocycles. The minimum Gasteiger partial charge on any atom is -0.466 e. The molecule has 1 rings (SSSR count). The Balaban J connectivity index is 3.16. The number of esters is 1. The van der Waals surface area contributed by atoms with Crippen molar-refractivity contribution in [3.8, 4) is 5.75 Å². The van der Waals surface area contributed by atoms with Gasteiger partial charge in [-0.2, -0.15) is 8.78 Å². The molecule has 7 nitrogen and oxygen atoms in total. The highest BCUT2D eigenvalue weighted by molar-refractivity contribution is 5.78. The number of ether oxygens (including phenoxy) is 2. The van der Waals surface area contributed by atoms with Crippen LogP contribution in [0.4, 0.5) is 20.2 Å². The Morgan fingerprint density at radius 3 is 2.65 bits per heavy atom. The fourth-order valence-corrected chi connectivity index (χ4v) is 1.50. The number of rotatable bonds is 6. The number of alkyl halides is 2. The number of halogens is 2. The maximum atomic E-state index is 12.2. The van der Waals surface area contributed by atoms with Gasteiger partial charge in [-0.15, -0.1) is 0 Å². The van der Waals surface area contributed by atoms with E-state index < -0.39 is 28.9 Å². The number of anilines is 1. The lowest BCUT2D eigenvalue weighted by Gasteiger charge is -2.10. The zero-order chi connectivity index (χ0) is 15.3. The highest BCUT2D eigenvalue weighted by Gasteiger charge is 2.21. The van der Waals surface area contributed by atoms with E-state index >= 15 is 0 Å². The summed E-state index contributed by atoms with van der Waals surface area (Å²) in [6.07, 6.45) is -0.374. The van der Waals surface area contributed by atoms with E-state index in [1.807, 2.05) is 0 Å². The van der Waals surface area contributed by atoms with Crippen LogP contribution in [0.3, 0.4) is 0 Å². The van der Waals surface area contributed by atoms with Gasteiger partial charge in [-0.1, -0.05) is 0 Å². The van der Waals surface area contributed by atoms with Crippen LogP contribution in [-0.4, -0.2) is 24.1 Å². The Labute approximate surface area is 112 Å². The first-order valence-electron chi connectivity index (χ1n) is 5.52. The second-order valence-corrected chi connectivity index (χ2v) is 3.63. The van der Waals surface area contributed by atoms with Gasteiger partial charge in [0.25, 0.3) is 5.69 Å². The summed E-state index contributed by atoms with van der Waals surface area (Å²) in [5.74, 6) is -1.12. The Kier molecular flexibility index (Phi) is 5.18. The van der Waals surface area contributed by atoms with E-state index in [4.69, 9.17) is 5.73 Å². The van der Waals surface area contributed by atoms with Gasteiger partial charge in [0.2, 0.25) is 0 Å². The van der Waals surface area contributed by atoms with Gasteiger partial charge >= 0.3 is 12.6 Å². The number of nitro benzene ring substituents is 1. The summed E-state index contributed by atoms with van der Waals surface area (Å²) in [4.78, 5) is 21.3. The van der Waals surface area contributed by atoms with Crippen molar-refractivity contribution < 1.29 is 28.0 Å². The molecular formula is C11H12F2N2O5. The molecule has 0 fully saturated rings. The molecule has 0 unspecified atom stereocenters. The highest BCUT2D eigenvalue weighted by Crippen LogP contribution is 2.32. The van der Waals surface area contributed by atoms with E-state index in [9.17, 15) is 23.7 Å². The van der Waals surface area contributed by atoms with Crippen LogP contribution in [0.1, 0.15) is 12.5 Å². The molecular weight excluding hydrogens is 278 g/mol. The van der Waals surface area contributed by atoms with E-state index in [0.717, 1.165) is 12.1 Å². The van der Waals surface area contributed by atoms with Gasteiger partial charge in [-0.25, -0.2) is 0 Å². The molecule has 1 aromatic carbocycles. The molecule has 0 heterocycles. The number of carbonyl (C=O) groups is 1. The number of benzene rings is 1. The molecule has 0 radical (unpaired) electrons. The van der Waals surface area contributed by atoms with Crippen molar-refractivity contribution in [2.24, 2.45) is 0 Å². The predicted molar refractivity (Wildman–Crippen MR) is 64.5 cm³/mol. The van der Waals surface area contributed by atoms with Crippen LogP contribution in [0, 0.1) is 10.1 Å². The average Bonchev–Trinajstić information content (AvgIpc) is 2.32. The van der Waals surface area contributed by atoms with Crippen LogP contribution < -0.4 is 10.5 Å². The summed E-state index contributed by atoms with van der Waals surface area (Å²) in [6.45, 7) is -1.44. The maximum Gasteiger partial charge on any atom is 0.387 e. The standard InChI is InChI=1S/C11H12F2N2O5/c1-2-19-9(16)4-6-3-7(20-11(12)13)5-8(10(6)14)15(17)18/h3,5,11H,2,4,14H2,1H3. The number of nitrogen functional groups attached to an aromatic ring is 1. The largest absolute Gasteiger partial charge is 0.466 e. The second kappa shape index (κ2) is 6.64. The lowest BCUT2D eigenvalue weighted by Crippen LogP contribution is -2.11. The summed E-state index contributed by atoms with van der Waals surface area (Å²) in [7, 11) is 0. The van der Waals surface area contributed by atoms with E-state index in [2.05, 4.69) is 9.47 Å². The Bertz CT molecular complexity index is 522. The van der Waals surface area contributed by atoms with Crippen molar-refractivity contribution in [1.82, 2.24) is 0 Å². The second-order valence-electron chi connectivity index (χ2n) is 3.63. The Morgan fingerprint density at radius 1 is 1.50 bits per heavy atom. The van der Waals surface area contributed by atoms with Gasteiger partial charge in [-0.3, -0.25) is 14.9 Å². The summed E-state index contributed by atoms with van der Waals surface area (Å²) < 4.78 is 33.1. The SMILES string of the molecule is CCOC(=O)Cc1cc(OC(F)F)cc([N+](=O)[O-])c1N. The number of nitrogens with zero attached hydrogens (tertiary/aromatic N) is 1. The smallest absolute Gasteiger partial charge is 0.387 e. The minimum absolute atomic E-state index is 0.00620. The summed E-state index contributed by atoms with van der Waals surface area (Å²) in [5, 5.41) is 10.8. The van der Waals surface area contributed by atoms with Crippen molar-refractivity contribution in [2.45, 2.75) is 20.0 Å². The molecule has 9 heteroatoms. The Morgan fingerprint density at radius 2 is 2.15 bits per heavy atom. The van der Waals surface area contributed by atoms with Crippen LogP contribution in [0.15, 0.2) is 12.1 Å². The predicted octanol–water partition coefficient (Wildman–Crippen LogP) is 1.88. The molecule has 0 amide bonds.